The number of piperazine rings is 1. The minimum absolute atomic E-state index is 0.0590. The van der Waals surface area contributed by atoms with E-state index < -0.39 is 12.6 Å². The molecule has 46 heavy (non-hydrogen) atoms. The largest absolute Gasteiger partial charge is 0.461 e. The van der Waals surface area contributed by atoms with Gasteiger partial charge in [0.05, 0.1) is 33.8 Å². The maximum Gasteiger partial charge on any atom is 0.320 e. The molecule has 0 saturated carbocycles. The Labute approximate surface area is 263 Å². The van der Waals surface area contributed by atoms with Crippen LogP contribution in [0.15, 0.2) is 24.5 Å². The van der Waals surface area contributed by atoms with E-state index in [-0.39, 0.29) is 17.1 Å². The molecule has 0 amide bonds. The first-order chi connectivity index (χ1) is 22.3. The van der Waals surface area contributed by atoms with Gasteiger partial charge in [0.1, 0.15) is 24.2 Å². The highest BCUT2D eigenvalue weighted by Gasteiger charge is 2.49. The minimum Gasteiger partial charge on any atom is -0.461 e. The first-order valence-electron chi connectivity index (χ1n) is 16.2. The maximum absolute atomic E-state index is 14.7. The Balaban J connectivity index is 1.25. The summed E-state index contributed by atoms with van der Waals surface area (Å²) in [6.45, 7) is 4.92. The third-order valence-electron chi connectivity index (χ3n) is 10.9. The Morgan fingerprint density at radius 3 is 2.76 bits per heavy atom. The van der Waals surface area contributed by atoms with Crippen molar-refractivity contribution in [2.45, 2.75) is 69.2 Å². The number of hydrogen-bond acceptors (Lipinski definition) is 8. The van der Waals surface area contributed by atoms with Gasteiger partial charge in [-0.25, -0.2) is 13.2 Å². The molecule has 2 bridgehead atoms. The second-order valence-corrected chi connectivity index (χ2v) is 13.7. The van der Waals surface area contributed by atoms with Crippen molar-refractivity contribution >= 4 is 38.7 Å². The smallest absolute Gasteiger partial charge is 0.320 e. The van der Waals surface area contributed by atoms with Crippen LogP contribution in [0.5, 0.6) is 6.01 Å². The molecule has 0 spiro atoms. The molecule has 13 heteroatoms. The lowest BCUT2D eigenvalue weighted by molar-refractivity contribution is 0.107. The fourth-order valence-corrected chi connectivity index (χ4v) is 8.87. The zero-order valence-corrected chi connectivity index (χ0v) is 25.9. The molecule has 4 atom stereocenters. The van der Waals surface area contributed by atoms with Gasteiger partial charge in [0.25, 0.3) is 6.43 Å². The van der Waals surface area contributed by atoms with Crippen molar-refractivity contribution in [1.29, 1.82) is 0 Å². The third kappa shape index (κ3) is 4.16. The highest BCUT2D eigenvalue weighted by molar-refractivity contribution is 6.16. The van der Waals surface area contributed by atoms with E-state index in [4.69, 9.17) is 19.7 Å². The van der Waals surface area contributed by atoms with E-state index in [2.05, 4.69) is 25.3 Å². The van der Waals surface area contributed by atoms with Crippen molar-refractivity contribution in [3.8, 4) is 17.3 Å². The normalized spacial score (nSPS) is 26.4. The van der Waals surface area contributed by atoms with Gasteiger partial charge in [0, 0.05) is 73.3 Å². The van der Waals surface area contributed by atoms with Gasteiger partial charge in [-0.05, 0) is 56.8 Å². The van der Waals surface area contributed by atoms with Gasteiger partial charge in [-0.1, -0.05) is 0 Å². The maximum atomic E-state index is 14.7. The van der Waals surface area contributed by atoms with Crippen LogP contribution in [0.25, 0.3) is 44.1 Å². The summed E-state index contributed by atoms with van der Waals surface area (Å²) in [6, 6.07) is 4.60. The van der Waals surface area contributed by atoms with Gasteiger partial charge >= 0.3 is 6.01 Å². The number of hydrogen-bond donors (Lipinski definition) is 2. The fourth-order valence-electron chi connectivity index (χ4n) is 8.87. The number of fused-ring (bicyclic) bond motifs is 7. The number of aromatic amines is 1. The summed E-state index contributed by atoms with van der Waals surface area (Å²) < 4.78 is 52.4. The summed E-state index contributed by atoms with van der Waals surface area (Å²) in [7, 11) is 1.89. The highest BCUT2D eigenvalue weighted by atomic mass is 19.3. The molecule has 10 nitrogen and oxygen atoms in total. The molecule has 8 heterocycles. The van der Waals surface area contributed by atoms with Gasteiger partial charge in [-0.15, -0.1) is 0 Å². The number of H-pyrrole nitrogens is 1. The van der Waals surface area contributed by atoms with Gasteiger partial charge in [-0.2, -0.15) is 15.1 Å². The summed E-state index contributed by atoms with van der Waals surface area (Å²) >= 11 is 0. The first-order valence-corrected chi connectivity index (χ1v) is 16.2. The molecule has 4 aliphatic rings. The molecule has 9 rings (SSSR count). The van der Waals surface area contributed by atoms with E-state index in [9.17, 15) is 13.2 Å². The Morgan fingerprint density at radius 2 is 1.96 bits per heavy atom. The number of nitrogens with zero attached hydrogens (tertiary/aromatic N) is 7. The molecule has 4 aliphatic heterocycles. The molecular formula is C33H36F3N9O. The molecule has 0 unspecified atom stereocenters. The second kappa shape index (κ2) is 10.3. The predicted octanol–water partition coefficient (Wildman–Crippen LogP) is 5.20. The lowest BCUT2D eigenvalue weighted by Gasteiger charge is -2.34. The number of halogens is 3. The van der Waals surface area contributed by atoms with Crippen molar-refractivity contribution in [2.75, 3.05) is 37.7 Å². The Kier molecular flexibility index (Phi) is 6.31. The zero-order valence-electron chi connectivity index (χ0n) is 25.9. The van der Waals surface area contributed by atoms with Crippen molar-refractivity contribution in [3.05, 3.63) is 35.7 Å². The fraction of sp³-hybridized carbons (Fsp3) is 0.515. The van der Waals surface area contributed by atoms with Crippen molar-refractivity contribution in [3.63, 3.8) is 0 Å². The third-order valence-corrected chi connectivity index (χ3v) is 10.9. The molecule has 4 fully saturated rings. The Bertz CT molecular complexity index is 2000. The van der Waals surface area contributed by atoms with E-state index in [1.807, 2.05) is 17.7 Å². The van der Waals surface area contributed by atoms with E-state index in [0.29, 0.717) is 70.5 Å². The molecule has 4 aromatic heterocycles. The quantitative estimate of drug-likeness (QED) is 0.264. The summed E-state index contributed by atoms with van der Waals surface area (Å²) in [5, 5.41) is 13.1. The molecule has 0 aliphatic carbocycles. The number of benzene rings is 1. The van der Waals surface area contributed by atoms with E-state index in [0.717, 1.165) is 61.9 Å². The number of aryl methyl sites for hydroxylation is 2. The molecule has 240 valence electrons. The van der Waals surface area contributed by atoms with Crippen LogP contribution >= 0.6 is 0 Å². The topological polar surface area (TPSA) is 100 Å². The van der Waals surface area contributed by atoms with Crippen LogP contribution in [-0.4, -0.2) is 91.2 Å². The Hall–Kier alpha value is -3.97. The van der Waals surface area contributed by atoms with Crippen LogP contribution in [0.4, 0.5) is 19.0 Å². The molecular weight excluding hydrogens is 595 g/mol. The van der Waals surface area contributed by atoms with Gasteiger partial charge < -0.3 is 19.5 Å². The second-order valence-electron chi connectivity index (χ2n) is 13.7. The number of ether oxygens (including phenoxy) is 1. The van der Waals surface area contributed by atoms with Crippen molar-refractivity contribution < 1.29 is 17.9 Å². The van der Waals surface area contributed by atoms with E-state index in [1.165, 1.54) is 0 Å². The molecule has 2 N–H and O–H groups in total. The number of rotatable bonds is 6. The lowest BCUT2D eigenvalue weighted by atomic mass is 9.94. The van der Waals surface area contributed by atoms with Crippen molar-refractivity contribution in [1.82, 2.24) is 39.9 Å². The summed E-state index contributed by atoms with van der Waals surface area (Å²) in [4.78, 5) is 19.3. The minimum atomic E-state index is -2.71. The number of pyridine rings is 1. The van der Waals surface area contributed by atoms with Gasteiger partial charge in [0.2, 0.25) is 0 Å². The predicted molar refractivity (Wildman–Crippen MR) is 169 cm³/mol. The standard InChI is InChI=1S/C33H36F3N9O/c1-17-10-23-22(12-38-42-23)25(24(17)29(35)36)27-28-21(6-8-37-27)26-30(43(28)2)40-32(41-31(26)44-14-19-4-5-20(15-44)39-19)46-16-33-7-3-9-45(33)13-18(34)11-33/h6,8,10,12,18-20,29,39H,3-5,7,9,11,13-16H2,1-2H3,(H,38,42)/t18-,19-,20+,33+/m1/s1. The zero-order chi connectivity index (χ0) is 31.3. The Morgan fingerprint density at radius 1 is 1.13 bits per heavy atom. The average molecular weight is 632 g/mol. The van der Waals surface area contributed by atoms with Gasteiger partial charge in [-0.3, -0.25) is 15.0 Å². The van der Waals surface area contributed by atoms with E-state index >= 15 is 0 Å². The SMILES string of the molecule is Cc1cc2[nH]ncc2c(-c2nccc3c4c(N5C[C@H]6CC[C@@H](C5)N6)nc(OC[C@@]56CCCN5C[C@H](F)C6)nc4n(C)c23)c1C(F)F. The molecule has 4 saturated heterocycles. The lowest BCUT2D eigenvalue weighted by Crippen LogP contribution is -2.51. The van der Waals surface area contributed by atoms with Crippen LogP contribution in [0.3, 0.4) is 0 Å². The monoisotopic (exact) mass is 631 g/mol. The van der Waals surface area contributed by atoms with Crippen LogP contribution < -0.4 is 15.0 Å². The number of anilines is 1. The number of alkyl halides is 3. The summed E-state index contributed by atoms with van der Waals surface area (Å²) in [6.07, 6.45) is 4.28. The average Bonchev–Trinajstić information content (AvgIpc) is 3.84. The summed E-state index contributed by atoms with van der Waals surface area (Å²) in [5.41, 5.74) is 2.88. The number of nitrogens with one attached hydrogen (secondary N) is 2. The van der Waals surface area contributed by atoms with Crippen molar-refractivity contribution in [2.24, 2.45) is 7.05 Å². The highest BCUT2D eigenvalue weighted by Crippen LogP contribution is 2.45. The van der Waals surface area contributed by atoms with Gasteiger partial charge in [0.15, 0.2) is 0 Å². The van der Waals surface area contributed by atoms with Crippen LogP contribution in [0.1, 0.15) is 49.7 Å². The van der Waals surface area contributed by atoms with Crippen LogP contribution in [0, 0.1) is 6.92 Å². The molecule has 5 aromatic rings. The van der Waals surface area contributed by atoms with Crippen LogP contribution in [-0.2, 0) is 7.05 Å². The molecule has 1 aromatic carbocycles. The first kappa shape index (κ1) is 28.3. The van der Waals surface area contributed by atoms with Crippen LogP contribution in [0.2, 0.25) is 0 Å². The summed E-state index contributed by atoms with van der Waals surface area (Å²) in [5.74, 6) is 0.767. The van der Waals surface area contributed by atoms with E-state index in [1.54, 1.807) is 25.4 Å². The molecule has 0 radical (unpaired) electrons. The number of aromatic nitrogens is 6.